The largest absolute Gasteiger partial charge is 0.545 e. The fraction of sp³-hybridized carbons (Fsp3) is 0.467. The van der Waals surface area contributed by atoms with Crippen molar-refractivity contribution in [3.05, 3.63) is 35.4 Å². The van der Waals surface area contributed by atoms with E-state index < -0.39 is 5.97 Å². The second kappa shape index (κ2) is 5.87. The van der Waals surface area contributed by atoms with Crippen LogP contribution in [0.25, 0.3) is 0 Å². The van der Waals surface area contributed by atoms with Crippen molar-refractivity contribution in [3.8, 4) is 0 Å². The van der Waals surface area contributed by atoms with Crippen molar-refractivity contribution < 1.29 is 9.90 Å². The van der Waals surface area contributed by atoms with Gasteiger partial charge in [0, 0.05) is 12.1 Å². The minimum Gasteiger partial charge on any atom is -0.545 e. The molecule has 0 radical (unpaired) electrons. The maximum atomic E-state index is 10.7. The Labute approximate surface area is 113 Å². The Hall–Kier alpha value is -1.84. The van der Waals surface area contributed by atoms with E-state index in [4.69, 9.17) is 0 Å². The third-order valence-electron chi connectivity index (χ3n) is 3.63. The predicted octanol–water partition coefficient (Wildman–Crippen LogP) is 1.65. The third-order valence-corrected chi connectivity index (χ3v) is 3.63. The molecule has 4 heteroatoms. The summed E-state index contributed by atoms with van der Waals surface area (Å²) in [5.41, 5.74) is 1.09. The van der Waals surface area contributed by atoms with Gasteiger partial charge >= 0.3 is 0 Å². The van der Waals surface area contributed by atoms with Crippen LogP contribution in [0.3, 0.4) is 0 Å². The fourth-order valence-corrected chi connectivity index (χ4v) is 2.47. The van der Waals surface area contributed by atoms with Gasteiger partial charge < -0.3 is 9.90 Å². The second-order valence-corrected chi connectivity index (χ2v) is 5.16. The first kappa shape index (κ1) is 13.6. The summed E-state index contributed by atoms with van der Waals surface area (Å²) in [7, 11) is 0. The Kier molecular flexibility index (Phi) is 4.20. The summed E-state index contributed by atoms with van der Waals surface area (Å²) in [5, 5.41) is 17.3. The van der Waals surface area contributed by atoms with Crippen LogP contribution in [-0.4, -0.2) is 29.3 Å². The normalized spacial score (nSPS) is 23.8. The lowest BCUT2D eigenvalue weighted by atomic mass is 10.00. The lowest BCUT2D eigenvalue weighted by molar-refractivity contribution is -0.255. The van der Waals surface area contributed by atoms with Gasteiger partial charge in [-0.3, -0.25) is 5.01 Å². The number of hydrogen-bond donors (Lipinski definition) is 0. The summed E-state index contributed by atoms with van der Waals surface area (Å²) in [6, 6.07) is 7.49. The van der Waals surface area contributed by atoms with Crippen LogP contribution in [0.4, 0.5) is 0 Å². The zero-order chi connectivity index (χ0) is 13.8. The summed E-state index contributed by atoms with van der Waals surface area (Å²) in [6.45, 7) is 4.37. The maximum absolute atomic E-state index is 10.7. The molecule has 1 fully saturated rings. The first-order chi connectivity index (χ1) is 9.08. The number of carbonyl (C=O) groups is 1. The van der Waals surface area contributed by atoms with Crippen molar-refractivity contribution in [1.82, 2.24) is 5.01 Å². The smallest absolute Gasteiger partial charge is 0.0715 e. The highest BCUT2D eigenvalue weighted by Crippen LogP contribution is 2.22. The van der Waals surface area contributed by atoms with Gasteiger partial charge in [0.15, 0.2) is 0 Å². The van der Waals surface area contributed by atoms with E-state index in [0.717, 1.165) is 5.56 Å². The molecule has 1 aliphatic heterocycles. The van der Waals surface area contributed by atoms with Gasteiger partial charge in [0.25, 0.3) is 0 Å². The highest BCUT2D eigenvalue weighted by Gasteiger charge is 2.22. The van der Waals surface area contributed by atoms with Gasteiger partial charge in [-0.15, -0.1) is 0 Å². The van der Waals surface area contributed by atoms with Gasteiger partial charge in [-0.1, -0.05) is 24.3 Å². The Morgan fingerprint density at radius 1 is 1.26 bits per heavy atom. The molecule has 102 valence electrons. The molecule has 2 rings (SSSR count). The van der Waals surface area contributed by atoms with Crippen LogP contribution in [0.2, 0.25) is 0 Å². The van der Waals surface area contributed by atoms with Crippen LogP contribution in [0.5, 0.6) is 0 Å². The monoisotopic (exact) mass is 259 g/mol. The maximum Gasteiger partial charge on any atom is 0.0715 e. The molecule has 2 atom stereocenters. The van der Waals surface area contributed by atoms with E-state index in [-0.39, 0.29) is 5.56 Å². The van der Waals surface area contributed by atoms with Crippen LogP contribution in [0.15, 0.2) is 29.4 Å². The molecule has 0 bridgehead atoms. The number of piperidine rings is 1. The van der Waals surface area contributed by atoms with Crippen molar-refractivity contribution in [3.63, 3.8) is 0 Å². The second-order valence-electron chi connectivity index (χ2n) is 5.16. The van der Waals surface area contributed by atoms with Crippen LogP contribution in [0, 0.1) is 0 Å². The molecule has 0 N–H and O–H groups in total. The molecule has 1 aromatic rings. The van der Waals surface area contributed by atoms with E-state index in [1.54, 1.807) is 30.5 Å². The number of carbonyl (C=O) groups excluding carboxylic acids is 1. The minimum absolute atomic E-state index is 0.192. The number of hydrogen-bond acceptors (Lipinski definition) is 4. The molecule has 0 saturated carbocycles. The highest BCUT2D eigenvalue weighted by molar-refractivity contribution is 5.87. The molecule has 1 saturated heterocycles. The van der Waals surface area contributed by atoms with E-state index in [2.05, 4.69) is 24.0 Å². The van der Waals surface area contributed by atoms with Crippen LogP contribution >= 0.6 is 0 Å². The number of nitrogens with zero attached hydrogens (tertiary/aromatic N) is 2. The number of rotatable bonds is 3. The molecule has 1 aromatic carbocycles. The molecular formula is C15H19N2O2-. The van der Waals surface area contributed by atoms with Crippen LogP contribution in [-0.2, 0) is 0 Å². The Morgan fingerprint density at radius 3 is 2.37 bits per heavy atom. The van der Waals surface area contributed by atoms with Crippen molar-refractivity contribution in [2.24, 2.45) is 5.10 Å². The summed E-state index contributed by atoms with van der Waals surface area (Å²) in [5.74, 6) is -1.15. The standard InChI is InChI=1S/C15H20N2O2/c1-11-4-3-5-12(2)17(11)16-10-13-6-8-14(9-7-13)15(18)19/h6-12H,3-5H2,1-2H3,(H,18,19)/p-1/b16-10-/t11-,12-/m0/s1. The molecule has 0 amide bonds. The van der Waals surface area contributed by atoms with Gasteiger partial charge in [-0.25, -0.2) is 0 Å². The molecule has 0 aromatic heterocycles. The van der Waals surface area contributed by atoms with Crippen LogP contribution < -0.4 is 5.11 Å². The lowest BCUT2D eigenvalue weighted by Crippen LogP contribution is -2.39. The molecule has 0 unspecified atom stereocenters. The number of carboxylic acids is 1. The average Bonchev–Trinajstić information content (AvgIpc) is 2.38. The quantitative estimate of drug-likeness (QED) is 0.775. The molecule has 1 heterocycles. The number of hydrazone groups is 1. The van der Waals surface area contributed by atoms with E-state index in [0.29, 0.717) is 12.1 Å². The van der Waals surface area contributed by atoms with Crippen molar-refractivity contribution in [2.45, 2.75) is 45.2 Å². The average molecular weight is 259 g/mol. The third kappa shape index (κ3) is 3.34. The molecule has 1 aliphatic rings. The minimum atomic E-state index is -1.15. The summed E-state index contributed by atoms with van der Waals surface area (Å²) in [6.07, 6.45) is 5.39. The zero-order valence-corrected chi connectivity index (χ0v) is 11.4. The summed E-state index contributed by atoms with van der Waals surface area (Å²) < 4.78 is 0. The van der Waals surface area contributed by atoms with Crippen molar-refractivity contribution in [1.29, 1.82) is 0 Å². The molecule has 19 heavy (non-hydrogen) atoms. The van der Waals surface area contributed by atoms with Gasteiger partial charge in [0.1, 0.15) is 0 Å². The van der Waals surface area contributed by atoms with Gasteiger partial charge in [-0.05, 0) is 44.2 Å². The number of benzene rings is 1. The first-order valence-electron chi connectivity index (χ1n) is 6.71. The van der Waals surface area contributed by atoms with Gasteiger partial charge in [0.05, 0.1) is 12.2 Å². The number of carboxylic acid groups (broad SMARTS) is 1. The van der Waals surface area contributed by atoms with E-state index in [1.807, 2.05) is 0 Å². The van der Waals surface area contributed by atoms with E-state index in [1.165, 1.54) is 19.3 Å². The highest BCUT2D eigenvalue weighted by atomic mass is 16.4. The Morgan fingerprint density at radius 2 is 1.84 bits per heavy atom. The first-order valence-corrected chi connectivity index (χ1v) is 6.71. The van der Waals surface area contributed by atoms with Crippen molar-refractivity contribution in [2.75, 3.05) is 0 Å². The van der Waals surface area contributed by atoms with Gasteiger partial charge in [-0.2, -0.15) is 5.10 Å². The zero-order valence-electron chi connectivity index (χ0n) is 11.4. The van der Waals surface area contributed by atoms with E-state index in [9.17, 15) is 9.90 Å². The summed E-state index contributed by atoms with van der Waals surface area (Å²) in [4.78, 5) is 10.7. The number of aromatic carboxylic acids is 1. The Balaban J connectivity index is 2.07. The molecule has 0 spiro atoms. The topological polar surface area (TPSA) is 55.7 Å². The SMILES string of the molecule is C[C@H]1CCC[C@H](C)N1/N=C\c1ccc(C(=O)[O-])cc1. The summed E-state index contributed by atoms with van der Waals surface area (Å²) >= 11 is 0. The molecule has 4 nitrogen and oxygen atoms in total. The predicted molar refractivity (Wildman–Crippen MR) is 73.0 cm³/mol. The lowest BCUT2D eigenvalue weighted by Gasteiger charge is -2.36. The fourth-order valence-electron chi connectivity index (χ4n) is 2.47. The molecular weight excluding hydrogens is 240 g/mol. The Bertz CT molecular complexity index is 458. The van der Waals surface area contributed by atoms with E-state index >= 15 is 0 Å². The van der Waals surface area contributed by atoms with Crippen molar-refractivity contribution >= 4 is 12.2 Å². The van der Waals surface area contributed by atoms with Gasteiger partial charge in [0.2, 0.25) is 0 Å². The van der Waals surface area contributed by atoms with Crippen LogP contribution in [0.1, 0.15) is 49.0 Å². The molecule has 0 aliphatic carbocycles.